The largest absolute Gasteiger partial charge is 0.484 e. The van der Waals surface area contributed by atoms with Gasteiger partial charge in [0.05, 0.1) is 31.3 Å². The molecule has 0 spiro atoms. The molecule has 0 aliphatic carbocycles. The van der Waals surface area contributed by atoms with Gasteiger partial charge >= 0.3 is 5.97 Å². The van der Waals surface area contributed by atoms with Gasteiger partial charge < -0.3 is 14.8 Å². The first-order valence-corrected chi connectivity index (χ1v) is 5.69. The summed E-state index contributed by atoms with van der Waals surface area (Å²) in [5.74, 6) is 0.0154. The van der Waals surface area contributed by atoms with Crippen molar-refractivity contribution in [2.45, 2.75) is 25.5 Å². The molecule has 0 saturated heterocycles. The molecule has 0 saturated carbocycles. The fraction of sp³-hybridized carbons (Fsp3) is 0.385. The fourth-order valence-corrected chi connectivity index (χ4v) is 1.95. The molecule has 2 rings (SSSR count). The Balaban J connectivity index is 2.38. The van der Waals surface area contributed by atoms with E-state index < -0.39 is 5.97 Å². The predicted octanol–water partition coefficient (Wildman–Crippen LogP) is 1.95. The van der Waals surface area contributed by atoms with Crippen LogP contribution in [0, 0.1) is 11.3 Å². The van der Waals surface area contributed by atoms with Crippen LogP contribution in [0.15, 0.2) is 18.2 Å². The standard InChI is InChI=1S/C13H14N2O3/c1-8-11(6-7-14)18-12-9(13(16)17-2)4-3-5-10(12)15-8/h3-5,8,11,15H,6H2,1-2H3. The quantitative estimate of drug-likeness (QED) is 0.807. The summed E-state index contributed by atoms with van der Waals surface area (Å²) in [6.45, 7) is 1.94. The smallest absolute Gasteiger partial charge is 0.341 e. The molecule has 1 aromatic rings. The number of anilines is 1. The molecule has 2 atom stereocenters. The van der Waals surface area contributed by atoms with Crippen molar-refractivity contribution in [1.82, 2.24) is 0 Å². The van der Waals surface area contributed by atoms with Crippen LogP contribution in [0.3, 0.4) is 0 Å². The lowest BCUT2D eigenvalue weighted by Crippen LogP contribution is -2.39. The van der Waals surface area contributed by atoms with Crippen LogP contribution in [0.4, 0.5) is 5.69 Å². The fourth-order valence-electron chi connectivity index (χ4n) is 1.95. The van der Waals surface area contributed by atoms with Gasteiger partial charge in [0.25, 0.3) is 0 Å². The number of nitriles is 1. The van der Waals surface area contributed by atoms with E-state index in [0.29, 0.717) is 11.3 Å². The molecule has 1 heterocycles. The molecule has 0 amide bonds. The van der Waals surface area contributed by atoms with Gasteiger partial charge in [-0.1, -0.05) is 6.07 Å². The number of benzene rings is 1. The van der Waals surface area contributed by atoms with Crippen molar-refractivity contribution in [1.29, 1.82) is 5.26 Å². The third kappa shape index (κ3) is 2.09. The summed E-state index contributed by atoms with van der Waals surface area (Å²) in [4.78, 5) is 11.6. The zero-order chi connectivity index (χ0) is 13.1. The van der Waals surface area contributed by atoms with Crippen LogP contribution < -0.4 is 10.1 Å². The number of fused-ring (bicyclic) bond motifs is 1. The van der Waals surface area contributed by atoms with Gasteiger partial charge in [-0.05, 0) is 19.1 Å². The first-order chi connectivity index (χ1) is 8.67. The third-order valence-corrected chi connectivity index (χ3v) is 2.92. The molecule has 1 aliphatic rings. The van der Waals surface area contributed by atoms with Crippen LogP contribution in [0.1, 0.15) is 23.7 Å². The summed E-state index contributed by atoms with van der Waals surface area (Å²) in [7, 11) is 1.33. The van der Waals surface area contributed by atoms with E-state index in [4.69, 9.17) is 14.7 Å². The van der Waals surface area contributed by atoms with Gasteiger partial charge in [0, 0.05) is 0 Å². The van der Waals surface area contributed by atoms with Crippen LogP contribution >= 0.6 is 0 Å². The molecule has 1 N–H and O–H groups in total. The SMILES string of the molecule is COC(=O)c1cccc2c1OC(CC#N)C(C)N2. The topological polar surface area (TPSA) is 71.3 Å². The maximum atomic E-state index is 11.6. The van der Waals surface area contributed by atoms with Crippen molar-refractivity contribution in [2.24, 2.45) is 0 Å². The highest BCUT2D eigenvalue weighted by Crippen LogP contribution is 2.35. The van der Waals surface area contributed by atoms with E-state index in [0.717, 1.165) is 5.69 Å². The zero-order valence-electron chi connectivity index (χ0n) is 10.3. The minimum absolute atomic E-state index is 0.0186. The van der Waals surface area contributed by atoms with E-state index >= 15 is 0 Å². The molecule has 1 aliphatic heterocycles. The molecule has 2 unspecified atom stereocenters. The number of nitrogens with zero attached hydrogens (tertiary/aromatic N) is 1. The average Bonchev–Trinajstić information content (AvgIpc) is 2.38. The van der Waals surface area contributed by atoms with Crippen molar-refractivity contribution < 1.29 is 14.3 Å². The highest BCUT2D eigenvalue weighted by Gasteiger charge is 2.29. The highest BCUT2D eigenvalue weighted by atomic mass is 16.5. The predicted molar refractivity (Wildman–Crippen MR) is 65.5 cm³/mol. The Morgan fingerprint density at radius 1 is 1.61 bits per heavy atom. The molecule has 1 aromatic carbocycles. The van der Waals surface area contributed by atoms with Gasteiger partial charge in [-0.15, -0.1) is 0 Å². The molecular weight excluding hydrogens is 232 g/mol. The van der Waals surface area contributed by atoms with Crippen LogP contribution in [-0.4, -0.2) is 25.2 Å². The Morgan fingerprint density at radius 2 is 2.39 bits per heavy atom. The second-order valence-corrected chi connectivity index (χ2v) is 4.13. The Labute approximate surface area is 105 Å². The van der Waals surface area contributed by atoms with E-state index in [-0.39, 0.29) is 18.6 Å². The number of carbonyl (C=O) groups is 1. The Kier molecular flexibility index (Phi) is 3.38. The van der Waals surface area contributed by atoms with E-state index in [9.17, 15) is 4.79 Å². The molecule has 5 heteroatoms. The summed E-state index contributed by atoms with van der Waals surface area (Å²) in [5.41, 5.74) is 1.12. The maximum Gasteiger partial charge on any atom is 0.341 e. The lowest BCUT2D eigenvalue weighted by atomic mass is 10.0. The number of nitrogens with one attached hydrogen (secondary N) is 1. The molecule has 0 bridgehead atoms. The number of rotatable bonds is 2. The van der Waals surface area contributed by atoms with E-state index in [2.05, 4.69) is 11.4 Å². The van der Waals surface area contributed by atoms with Crippen molar-refractivity contribution in [3.8, 4) is 11.8 Å². The molecule has 94 valence electrons. The van der Waals surface area contributed by atoms with Crippen molar-refractivity contribution >= 4 is 11.7 Å². The Bertz CT molecular complexity index is 507. The van der Waals surface area contributed by atoms with Crippen LogP contribution in [0.5, 0.6) is 5.75 Å². The second-order valence-electron chi connectivity index (χ2n) is 4.13. The van der Waals surface area contributed by atoms with Gasteiger partial charge in [0.15, 0.2) is 5.75 Å². The number of ether oxygens (including phenoxy) is 2. The molecule has 5 nitrogen and oxygen atoms in total. The highest BCUT2D eigenvalue weighted by molar-refractivity contribution is 5.95. The summed E-state index contributed by atoms with van der Waals surface area (Å²) in [6, 6.07) is 7.34. The van der Waals surface area contributed by atoms with Crippen molar-refractivity contribution in [3.63, 3.8) is 0 Å². The number of carbonyl (C=O) groups excluding carboxylic acids is 1. The van der Waals surface area contributed by atoms with Gasteiger partial charge in [-0.2, -0.15) is 5.26 Å². The van der Waals surface area contributed by atoms with Crippen molar-refractivity contribution in [3.05, 3.63) is 23.8 Å². The third-order valence-electron chi connectivity index (χ3n) is 2.92. The normalized spacial score (nSPS) is 20.9. The van der Waals surface area contributed by atoms with E-state index in [1.165, 1.54) is 7.11 Å². The first-order valence-electron chi connectivity index (χ1n) is 5.69. The van der Waals surface area contributed by atoms with E-state index in [1.54, 1.807) is 12.1 Å². The number of methoxy groups -OCH3 is 1. The van der Waals surface area contributed by atoms with Crippen molar-refractivity contribution in [2.75, 3.05) is 12.4 Å². The van der Waals surface area contributed by atoms with E-state index in [1.807, 2.05) is 13.0 Å². The van der Waals surface area contributed by atoms with Crippen LogP contribution in [0.25, 0.3) is 0 Å². The van der Waals surface area contributed by atoms with Gasteiger partial charge in [0.1, 0.15) is 11.7 Å². The first kappa shape index (κ1) is 12.2. The molecule has 0 radical (unpaired) electrons. The Morgan fingerprint density at radius 3 is 3.06 bits per heavy atom. The zero-order valence-corrected chi connectivity index (χ0v) is 10.3. The van der Waals surface area contributed by atoms with Crippen LogP contribution in [-0.2, 0) is 4.74 Å². The minimum Gasteiger partial charge on any atom is -0.484 e. The monoisotopic (exact) mass is 246 g/mol. The summed E-state index contributed by atoms with van der Waals surface area (Å²) >= 11 is 0. The van der Waals surface area contributed by atoms with Gasteiger partial charge in [-0.3, -0.25) is 0 Å². The summed E-state index contributed by atoms with van der Waals surface area (Å²) in [6.07, 6.45) is -0.00311. The number of esters is 1. The molecule has 0 aromatic heterocycles. The van der Waals surface area contributed by atoms with Gasteiger partial charge in [-0.25, -0.2) is 4.79 Å². The Hall–Kier alpha value is -2.22. The van der Waals surface area contributed by atoms with Crippen LogP contribution in [0.2, 0.25) is 0 Å². The average molecular weight is 246 g/mol. The lowest BCUT2D eigenvalue weighted by Gasteiger charge is -2.32. The number of hydrogen-bond donors (Lipinski definition) is 1. The van der Waals surface area contributed by atoms with Gasteiger partial charge in [0.2, 0.25) is 0 Å². The molecular formula is C13H14N2O3. The lowest BCUT2D eigenvalue weighted by molar-refractivity contribution is 0.0591. The summed E-state index contributed by atoms with van der Waals surface area (Å²) in [5, 5.41) is 12.0. The molecule has 0 fully saturated rings. The molecule has 18 heavy (non-hydrogen) atoms. The second kappa shape index (κ2) is 4.96. The number of para-hydroxylation sites is 1. The maximum absolute atomic E-state index is 11.6. The summed E-state index contributed by atoms with van der Waals surface area (Å²) < 4.78 is 10.5. The number of hydrogen-bond acceptors (Lipinski definition) is 5. The minimum atomic E-state index is -0.445.